The predicted molar refractivity (Wildman–Crippen MR) is 131 cm³/mol. The third-order valence-corrected chi connectivity index (χ3v) is 7.97. The monoisotopic (exact) mass is 445 g/mol. The van der Waals surface area contributed by atoms with Gasteiger partial charge in [0.15, 0.2) is 11.5 Å². The SMILES string of the molecule is NC1=Nc2cc(OCCCCN3Cc4ccccc4C3)c(OCC3CC3)cc2C12CCCC2. The van der Waals surface area contributed by atoms with Crippen LogP contribution in [0, 0.1) is 5.92 Å². The summed E-state index contributed by atoms with van der Waals surface area (Å²) >= 11 is 0. The first-order chi connectivity index (χ1) is 16.2. The van der Waals surface area contributed by atoms with E-state index in [1.807, 2.05) is 0 Å². The van der Waals surface area contributed by atoms with Crippen molar-refractivity contribution >= 4 is 11.5 Å². The lowest BCUT2D eigenvalue weighted by Gasteiger charge is -2.25. The molecule has 2 fully saturated rings. The fourth-order valence-electron chi connectivity index (χ4n) is 5.80. The Bertz CT molecular complexity index is 1030. The predicted octanol–water partition coefficient (Wildman–Crippen LogP) is 5.46. The summed E-state index contributed by atoms with van der Waals surface area (Å²) in [4.78, 5) is 7.30. The zero-order chi connectivity index (χ0) is 22.3. The van der Waals surface area contributed by atoms with Crippen LogP contribution in [0.4, 0.5) is 5.69 Å². The fourth-order valence-corrected chi connectivity index (χ4v) is 5.80. The number of nitrogens with two attached hydrogens (primary N) is 1. The Morgan fingerprint density at radius 2 is 1.70 bits per heavy atom. The Kier molecular flexibility index (Phi) is 5.53. The van der Waals surface area contributed by atoms with Crippen molar-refractivity contribution in [3.05, 3.63) is 53.1 Å². The standard InChI is InChI=1S/C28H35N3O2/c29-27-28(11-3-4-12-28)23-15-25(33-19-20-9-10-20)26(16-24(23)30-27)32-14-6-5-13-31-17-21-7-1-2-8-22(21)18-31/h1-2,7-8,15-16,20H,3-6,9-14,17-19H2,(H2,29,30). The Morgan fingerprint density at radius 3 is 2.42 bits per heavy atom. The van der Waals surface area contributed by atoms with Crippen molar-refractivity contribution in [2.24, 2.45) is 16.6 Å². The van der Waals surface area contributed by atoms with Gasteiger partial charge in [0.25, 0.3) is 0 Å². The molecule has 6 rings (SSSR count). The van der Waals surface area contributed by atoms with Crippen molar-refractivity contribution in [1.82, 2.24) is 4.90 Å². The maximum atomic E-state index is 6.45. The van der Waals surface area contributed by atoms with E-state index in [1.165, 1.54) is 42.4 Å². The fraction of sp³-hybridized carbons (Fsp3) is 0.536. The van der Waals surface area contributed by atoms with Crippen molar-refractivity contribution in [1.29, 1.82) is 0 Å². The van der Waals surface area contributed by atoms with Crippen LogP contribution in [0.2, 0.25) is 0 Å². The highest BCUT2D eigenvalue weighted by Crippen LogP contribution is 2.52. The second-order valence-electron chi connectivity index (χ2n) is 10.4. The molecule has 2 saturated carbocycles. The van der Waals surface area contributed by atoms with Crippen molar-refractivity contribution in [3.63, 3.8) is 0 Å². The van der Waals surface area contributed by atoms with Gasteiger partial charge >= 0.3 is 0 Å². The maximum absolute atomic E-state index is 6.45. The molecular weight excluding hydrogens is 410 g/mol. The van der Waals surface area contributed by atoms with E-state index in [0.29, 0.717) is 12.5 Å². The van der Waals surface area contributed by atoms with E-state index < -0.39 is 0 Å². The smallest absolute Gasteiger partial charge is 0.163 e. The van der Waals surface area contributed by atoms with Crippen molar-refractivity contribution in [2.45, 2.75) is 69.9 Å². The summed E-state index contributed by atoms with van der Waals surface area (Å²) in [6.45, 7) is 4.73. The van der Waals surface area contributed by atoms with E-state index in [-0.39, 0.29) is 5.41 Å². The number of aliphatic imine (C=N–C) groups is 1. The van der Waals surface area contributed by atoms with Gasteiger partial charge in [-0.1, -0.05) is 37.1 Å². The molecule has 2 aromatic rings. The second-order valence-corrected chi connectivity index (χ2v) is 10.4. The van der Waals surface area contributed by atoms with Gasteiger partial charge in [-0.2, -0.15) is 0 Å². The zero-order valence-electron chi connectivity index (χ0n) is 19.5. The van der Waals surface area contributed by atoms with E-state index in [0.717, 1.165) is 74.9 Å². The topological polar surface area (TPSA) is 60.1 Å². The first-order valence-corrected chi connectivity index (χ1v) is 12.8. The van der Waals surface area contributed by atoms with Crippen LogP contribution in [0.1, 0.15) is 68.1 Å². The van der Waals surface area contributed by atoms with Gasteiger partial charge < -0.3 is 15.2 Å². The van der Waals surface area contributed by atoms with Gasteiger partial charge in [-0.25, -0.2) is 4.99 Å². The summed E-state index contributed by atoms with van der Waals surface area (Å²) in [6, 6.07) is 13.1. The number of hydrogen-bond acceptors (Lipinski definition) is 5. The Balaban J connectivity index is 1.08. The molecule has 5 heteroatoms. The first kappa shape index (κ1) is 21.0. The van der Waals surface area contributed by atoms with Crippen molar-refractivity contribution < 1.29 is 9.47 Å². The summed E-state index contributed by atoms with van der Waals surface area (Å²) in [7, 11) is 0. The maximum Gasteiger partial charge on any atom is 0.163 e. The number of amidine groups is 1. The minimum Gasteiger partial charge on any atom is -0.490 e. The van der Waals surface area contributed by atoms with Crippen LogP contribution < -0.4 is 15.2 Å². The highest BCUT2D eigenvalue weighted by molar-refractivity contribution is 6.00. The molecule has 33 heavy (non-hydrogen) atoms. The van der Waals surface area contributed by atoms with Gasteiger partial charge in [0, 0.05) is 19.2 Å². The Morgan fingerprint density at radius 1 is 0.970 bits per heavy atom. The summed E-state index contributed by atoms with van der Waals surface area (Å²) in [5.74, 6) is 3.20. The number of ether oxygens (including phenoxy) is 2. The average Bonchev–Trinajstić information content (AvgIpc) is 3.25. The van der Waals surface area contributed by atoms with Gasteiger partial charge in [-0.3, -0.25) is 4.90 Å². The quantitative estimate of drug-likeness (QED) is 0.521. The van der Waals surface area contributed by atoms with Gasteiger partial charge in [0.05, 0.1) is 24.3 Å². The third kappa shape index (κ3) is 4.12. The molecule has 0 aromatic heterocycles. The number of hydrogen-bond donors (Lipinski definition) is 1. The molecule has 2 heterocycles. The average molecular weight is 446 g/mol. The van der Waals surface area contributed by atoms with Crippen LogP contribution in [0.3, 0.4) is 0 Å². The highest BCUT2D eigenvalue weighted by Gasteiger charge is 2.45. The number of nitrogens with zero attached hydrogens (tertiary/aromatic N) is 2. The lowest BCUT2D eigenvalue weighted by Crippen LogP contribution is -2.35. The molecule has 0 unspecified atom stereocenters. The van der Waals surface area contributed by atoms with E-state index in [2.05, 4.69) is 41.3 Å². The largest absolute Gasteiger partial charge is 0.490 e. The molecule has 2 N–H and O–H groups in total. The van der Waals surface area contributed by atoms with E-state index in [4.69, 9.17) is 20.2 Å². The summed E-state index contributed by atoms with van der Waals surface area (Å²) < 4.78 is 12.5. The first-order valence-electron chi connectivity index (χ1n) is 12.8. The lowest BCUT2D eigenvalue weighted by molar-refractivity contribution is 0.240. The van der Waals surface area contributed by atoms with Gasteiger partial charge in [-0.15, -0.1) is 0 Å². The normalized spacial score (nSPS) is 20.7. The molecule has 2 aliphatic heterocycles. The molecule has 1 spiro atoms. The Labute approximate surface area is 197 Å². The van der Waals surface area contributed by atoms with Crippen molar-refractivity contribution in [3.8, 4) is 11.5 Å². The van der Waals surface area contributed by atoms with Gasteiger partial charge in [0.1, 0.15) is 5.84 Å². The minimum atomic E-state index is -0.0706. The van der Waals surface area contributed by atoms with Crippen LogP contribution in [-0.4, -0.2) is 30.5 Å². The van der Waals surface area contributed by atoms with E-state index in [9.17, 15) is 0 Å². The minimum absolute atomic E-state index is 0.0706. The summed E-state index contributed by atoms with van der Waals surface area (Å²) in [6.07, 6.45) is 9.34. The van der Waals surface area contributed by atoms with E-state index in [1.54, 1.807) is 0 Å². The van der Waals surface area contributed by atoms with Crippen molar-refractivity contribution in [2.75, 3.05) is 19.8 Å². The van der Waals surface area contributed by atoms with Gasteiger partial charge in [0.2, 0.25) is 0 Å². The third-order valence-electron chi connectivity index (χ3n) is 7.97. The molecule has 0 atom stereocenters. The summed E-state index contributed by atoms with van der Waals surface area (Å²) in [5.41, 5.74) is 11.6. The molecule has 4 aliphatic rings. The molecule has 5 nitrogen and oxygen atoms in total. The number of fused-ring (bicyclic) bond motifs is 3. The number of benzene rings is 2. The Hall–Kier alpha value is -2.53. The number of rotatable bonds is 9. The number of unbranched alkanes of at least 4 members (excludes halogenated alkanes) is 1. The van der Waals surface area contributed by atoms with Gasteiger partial charge in [-0.05, 0) is 73.7 Å². The second kappa shape index (κ2) is 8.68. The van der Waals surface area contributed by atoms with Crippen LogP contribution in [0.15, 0.2) is 41.4 Å². The van der Waals surface area contributed by atoms with Crippen LogP contribution in [-0.2, 0) is 18.5 Å². The molecule has 0 amide bonds. The molecule has 0 radical (unpaired) electrons. The molecule has 0 bridgehead atoms. The zero-order valence-corrected chi connectivity index (χ0v) is 19.5. The van der Waals surface area contributed by atoms with E-state index >= 15 is 0 Å². The highest BCUT2D eigenvalue weighted by atomic mass is 16.5. The van der Waals surface area contributed by atoms with Crippen LogP contribution in [0.5, 0.6) is 11.5 Å². The molecule has 2 aromatic carbocycles. The molecule has 2 aliphatic carbocycles. The molecule has 0 saturated heterocycles. The summed E-state index contributed by atoms with van der Waals surface area (Å²) in [5, 5.41) is 0. The van der Waals surface area contributed by atoms with Crippen LogP contribution in [0.25, 0.3) is 0 Å². The lowest BCUT2D eigenvalue weighted by atomic mass is 9.79. The molecule has 174 valence electrons. The van der Waals surface area contributed by atoms with Crippen LogP contribution >= 0.6 is 0 Å². The molecular formula is C28H35N3O2.